The molecule has 4 nitrogen and oxygen atoms in total. The van der Waals surface area contributed by atoms with Gasteiger partial charge in [0.15, 0.2) is 0 Å². The third-order valence-corrected chi connectivity index (χ3v) is 6.20. The van der Waals surface area contributed by atoms with Crippen LogP contribution in [0.15, 0.2) is 30.0 Å². The largest absolute Gasteiger partial charge is 0.481 e. The number of aliphatic carboxylic acids is 1. The maximum atomic E-state index is 12.8. The predicted molar refractivity (Wildman–Crippen MR) is 118 cm³/mol. The maximum Gasteiger partial charge on any atom is 0.303 e. The molecule has 1 atom stereocenters. The average molecular weight is 420 g/mol. The molecule has 29 heavy (non-hydrogen) atoms. The molecule has 1 aliphatic rings. The fraction of sp³-hybridized carbons (Fsp3) is 0.583. The number of amides is 1. The Morgan fingerprint density at radius 3 is 2.55 bits per heavy atom. The lowest BCUT2D eigenvalue weighted by Crippen LogP contribution is -2.41. The Balaban J connectivity index is 2.24. The van der Waals surface area contributed by atoms with Crippen LogP contribution in [0.5, 0.6) is 0 Å². The van der Waals surface area contributed by atoms with E-state index in [0.717, 1.165) is 35.4 Å². The van der Waals surface area contributed by atoms with Gasteiger partial charge in [-0.25, -0.2) is 0 Å². The predicted octanol–water partition coefficient (Wildman–Crippen LogP) is 5.97. The number of rotatable bonds is 8. The van der Waals surface area contributed by atoms with Crippen LogP contribution in [0.4, 0.5) is 0 Å². The van der Waals surface area contributed by atoms with Crippen LogP contribution in [0, 0.1) is 5.41 Å². The van der Waals surface area contributed by atoms with Crippen LogP contribution in [0.1, 0.15) is 77.8 Å². The number of carboxylic acid groups (broad SMARTS) is 1. The van der Waals surface area contributed by atoms with Crippen molar-refractivity contribution >= 4 is 23.5 Å². The molecule has 1 heterocycles. The van der Waals surface area contributed by atoms with E-state index in [9.17, 15) is 9.59 Å². The smallest absolute Gasteiger partial charge is 0.303 e. The van der Waals surface area contributed by atoms with Crippen molar-refractivity contribution in [3.8, 4) is 0 Å². The SMILES string of the molecule is CCC1=CN(CCCC(=O)O)C(=O)C[C@@]1(C)c1ccc(CCC(C)(C)C)c(Cl)c1. The van der Waals surface area contributed by atoms with Crippen molar-refractivity contribution in [1.29, 1.82) is 0 Å². The summed E-state index contributed by atoms with van der Waals surface area (Å²) in [6.07, 6.45) is 5.65. The van der Waals surface area contributed by atoms with E-state index in [1.807, 2.05) is 12.3 Å². The number of hydrogen-bond acceptors (Lipinski definition) is 2. The first kappa shape index (κ1) is 23.5. The lowest BCUT2D eigenvalue weighted by molar-refractivity contribution is -0.138. The van der Waals surface area contributed by atoms with Gasteiger partial charge in [-0.05, 0) is 53.9 Å². The average Bonchev–Trinajstić information content (AvgIpc) is 2.61. The summed E-state index contributed by atoms with van der Waals surface area (Å²) in [6, 6.07) is 6.24. The molecule has 160 valence electrons. The van der Waals surface area contributed by atoms with Crippen molar-refractivity contribution in [1.82, 2.24) is 4.90 Å². The van der Waals surface area contributed by atoms with Gasteiger partial charge in [0.1, 0.15) is 0 Å². The Kier molecular flexibility index (Phi) is 7.56. The summed E-state index contributed by atoms with van der Waals surface area (Å²) in [5, 5.41) is 9.60. The topological polar surface area (TPSA) is 57.6 Å². The van der Waals surface area contributed by atoms with E-state index < -0.39 is 5.97 Å². The third kappa shape index (κ3) is 6.08. The number of carbonyl (C=O) groups excluding carboxylic acids is 1. The molecule has 0 saturated heterocycles. The number of allylic oxidation sites excluding steroid dienone is 1. The summed E-state index contributed by atoms with van der Waals surface area (Å²) < 4.78 is 0. The van der Waals surface area contributed by atoms with Gasteiger partial charge in [0, 0.05) is 36.0 Å². The monoisotopic (exact) mass is 419 g/mol. The van der Waals surface area contributed by atoms with E-state index in [1.165, 1.54) is 5.57 Å². The minimum Gasteiger partial charge on any atom is -0.481 e. The summed E-state index contributed by atoms with van der Waals surface area (Å²) in [4.78, 5) is 25.2. The second kappa shape index (κ2) is 9.34. The highest BCUT2D eigenvalue weighted by atomic mass is 35.5. The van der Waals surface area contributed by atoms with E-state index in [4.69, 9.17) is 16.7 Å². The summed E-state index contributed by atoms with van der Waals surface area (Å²) in [7, 11) is 0. The van der Waals surface area contributed by atoms with E-state index in [0.29, 0.717) is 19.4 Å². The highest BCUT2D eigenvalue weighted by Gasteiger charge is 2.38. The summed E-state index contributed by atoms with van der Waals surface area (Å²) >= 11 is 6.62. The molecule has 1 aliphatic heterocycles. The molecule has 0 spiro atoms. The van der Waals surface area contributed by atoms with Crippen LogP contribution >= 0.6 is 11.6 Å². The molecule has 0 bridgehead atoms. The Hall–Kier alpha value is -1.81. The molecule has 1 N–H and O–H groups in total. The van der Waals surface area contributed by atoms with E-state index >= 15 is 0 Å². The van der Waals surface area contributed by atoms with Gasteiger partial charge >= 0.3 is 5.97 Å². The molecule has 5 heteroatoms. The van der Waals surface area contributed by atoms with Crippen LogP contribution in [-0.2, 0) is 21.4 Å². The van der Waals surface area contributed by atoms with Crippen molar-refractivity contribution < 1.29 is 14.7 Å². The van der Waals surface area contributed by atoms with Gasteiger partial charge < -0.3 is 10.0 Å². The molecule has 0 aromatic heterocycles. The van der Waals surface area contributed by atoms with Crippen molar-refractivity contribution in [3.05, 3.63) is 46.1 Å². The maximum absolute atomic E-state index is 12.8. The Labute approximate surface area is 179 Å². The molecular weight excluding hydrogens is 386 g/mol. The van der Waals surface area contributed by atoms with Crippen LogP contribution in [-0.4, -0.2) is 28.4 Å². The first-order chi connectivity index (χ1) is 13.5. The minimum atomic E-state index is -0.833. The summed E-state index contributed by atoms with van der Waals surface area (Å²) in [6.45, 7) is 11.3. The first-order valence-corrected chi connectivity index (χ1v) is 10.9. The fourth-order valence-corrected chi connectivity index (χ4v) is 4.16. The zero-order valence-corrected chi connectivity index (χ0v) is 19.1. The molecule has 1 aromatic carbocycles. The van der Waals surface area contributed by atoms with Gasteiger partial charge in [0.2, 0.25) is 5.91 Å². The Morgan fingerprint density at radius 1 is 1.31 bits per heavy atom. The second-order valence-electron chi connectivity index (χ2n) is 9.47. The Bertz CT molecular complexity index is 794. The first-order valence-electron chi connectivity index (χ1n) is 10.5. The fourth-order valence-electron chi connectivity index (χ4n) is 3.88. The van der Waals surface area contributed by atoms with E-state index in [2.05, 4.69) is 46.8 Å². The van der Waals surface area contributed by atoms with Crippen molar-refractivity contribution in [2.75, 3.05) is 6.54 Å². The number of benzene rings is 1. The van der Waals surface area contributed by atoms with E-state index in [1.54, 1.807) is 4.90 Å². The van der Waals surface area contributed by atoms with Gasteiger partial charge in [-0.2, -0.15) is 0 Å². The quantitative estimate of drug-likeness (QED) is 0.564. The van der Waals surface area contributed by atoms with E-state index in [-0.39, 0.29) is 23.2 Å². The normalized spacial score (nSPS) is 20.0. The number of aryl methyl sites for hydroxylation is 1. The minimum absolute atomic E-state index is 0.0306. The van der Waals surface area contributed by atoms with Crippen molar-refractivity contribution in [3.63, 3.8) is 0 Å². The molecule has 1 amide bonds. The second-order valence-corrected chi connectivity index (χ2v) is 9.88. The van der Waals surface area contributed by atoms with Crippen molar-refractivity contribution in [2.24, 2.45) is 5.41 Å². The van der Waals surface area contributed by atoms with Gasteiger partial charge in [-0.15, -0.1) is 0 Å². The summed E-state index contributed by atoms with van der Waals surface area (Å²) in [5.74, 6) is -0.803. The van der Waals surface area contributed by atoms with Gasteiger partial charge in [-0.1, -0.05) is 58.4 Å². The molecule has 0 radical (unpaired) electrons. The zero-order chi connectivity index (χ0) is 21.8. The lowest BCUT2D eigenvalue weighted by Gasteiger charge is -2.39. The van der Waals surface area contributed by atoms with Crippen LogP contribution in [0.2, 0.25) is 5.02 Å². The molecule has 0 aliphatic carbocycles. The third-order valence-electron chi connectivity index (χ3n) is 5.85. The Morgan fingerprint density at radius 2 is 2.00 bits per heavy atom. The van der Waals surface area contributed by atoms with Crippen LogP contribution < -0.4 is 0 Å². The molecule has 0 saturated carbocycles. The number of carboxylic acids is 1. The highest BCUT2D eigenvalue weighted by Crippen LogP contribution is 2.42. The molecule has 0 unspecified atom stereocenters. The molecular formula is C24H34ClNO3. The van der Waals surface area contributed by atoms with Crippen molar-refractivity contribution in [2.45, 2.75) is 78.6 Å². The lowest BCUT2D eigenvalue weighted by atomic mass is 9.70. The highest BCUT2D eigenvalue weighted by molar-refractivity contribution is 6.31. The number of halogens is 1. The number of nitrogens with zero attached hydrogens (tertiary/aromatic N) is 1. The molecule has 1 aromatic rings. The number of carbonyl (C=O) groups is 2. The van der Waals surface area contributed by atoms with Gasteiger partial charge in [-0.3, -0.25) is 9.59 Å². The van der Waals surface area contributed by atoms with Crippen LogP contribution in [0.3, 0.4) is 0 Å². The van der Waals surface area contributed by atoms with Crippen LogP contribution in [0.25, 0.3) is 0 Å². The molecule has 0 fully saturated rings. The van der Waals surface area contributed by atoms with Gasteiger partial charge in [0.25, 0.3) is 0 Å². The molecule has 2 rings (SSSR count). The zero-order valence-electron chi connectivity index (χ0n) is 18.3. The summed E-state index contributed by atoms with van der Waals surface area (Å²) in [5.41, 5.74) is 3.25. The van der Waals surface area contributed by atoms with Gasteiger partial charge in [0.05, 0.1) is 0 Å². The number of hydrogen-bond donors (Lipinski definition) is 1. The standard InChI is InChI=1S/C24H34ClNO3/c1-6-18-16-26(13-7-8-22(28)29)21(27)15-24(18,5)19-10-9-17(20(25)14-19)11-12-23(2,3)4/h9-10,14,16H,6-8,11-13,15H2,1-5H3,(H,28,29)/t24-/m1/s1.